The fourth-order valence-electron chi connectivity index (χ4n) is 2.47. The lowest BCUT2D eigenvalue weighted by molar-refractivity contribution is -0.273. The van der Waals surface area contributed by atoms with Gasteiger partial charge in [-0.15, -0.1) is 0 Å². The maximum atomic E-state index is 11.7. The van der Waals surface area contributed by atoms with Crippen LogP contribution in [-0.2, 0) is 19.0 Å². The maximum absolute atomic E-state index is 11.7. The number of aliphatic hydroxyl groups is 2. The summed E-state index contributed by atoms with van der Waals surface area (Å²) in [4.78, 5) is 11.7. The van der Waals surface area contributed by atoms with E-state index in [1.165, 1.54) is 6.08 Å². The van der Waals surface area contributed by atoms with Crippen molar-refractivity contribution in [1.82, 2.24) is 0 Å². The molecule has 1 fully saturated rings. The lowest BCUT2D eigenvalue weighted by Crippen LogP contribution is -2.48. The number of esters is 1. The first kappa shape index (κ1) is 23.3. The number of aliphatic hydroxyl groups excluding tert-OH is 2. The summed E-state index contributed by atoms with van der Waals surface area (Å²) in [5.41, 5.74) is 0.822. The van der Waals surface area contributed by atoms with Gasteiger partial charge >= 0.3 is 5.97 Å². The zero-order valence-corrected chi connectivity index (χ0v) is 16.4. The molecule has 0 amide bonds. The molecule has 1 saturated heterocycles. The number of hydrogen-bond donors (Lipinski definition) is 2. The van der Waals surface area contributed by atoms with E-state index in [0.717, 1.165) is 5.57 Å². The predicted octanol–water partition coefficient (Wildman–Crippen LogP) is 2.82. The fourth-order valence-corrected chi connectivity index (χ4v) is 2.47. The topological polar surface area (TPSA) is 85.2 Å². The summed E-state index contributed by atoms with van der Waals surface area (Å²) in [7, 11) is 0. The third-order valence-electron chi connectivity index (χ3n) is 4.19. The summed E-state index contributed by atoms with van der Waals surface area (Å²) in [5, 5.41) is 19.6. The zero-order valence-electron chi connectivity index (χ0n) is 16.4. The Hall–Kier alpha value is -1.73. The van der Waals surface area contributed by atoms with Crippen LogP contribution >= 0.6 is 0 Å². The van der Waals surface area contributed by atoms with E-state index in [4.69, 9.17) is 14.2 Å². The third-order valence-corrected chi connectivity index (χ3v) is 4.19. The summed E-state index contributed by atoms with van der Waals surface area (Å²) in [6, 6.07) is 0. The van der Waals surface area contributed by atoms with Gasteiger partial charge in [0, 0.05) is 12.5 Å². The number of rotatable bonds is 10. The highest BCUT2D eigenvalue weighted by Gasteiger charge is 2.35. The summed E-state index contributed by atoms with van der Waals surface area (Å²) in [6.07, 6.45) is 9.07. The summed E-state index contributed by atoms with van der Waals surface area (Å²) < 4.78 is 16.3. The van der Waals surface area contributed by atoms with Gasteiger partial charge in [-0.2, -0.15) is 0 Å². The van der Waals surface area contributed by atoms with Crippen LogP contribution in [0.25, 0.3) is 0 Å². The van der Waals surface area contributed by atoms with Crippen LogP contribution in [0.1, 0.15) is 40.0 Å². The fraction of sp³-hybridized carbons (Fsp3) is 0.571. The molecule has 0 saturated carbocycles. The lowest BCUT2D eigenvalue weighted by atomic mass is 10.0. The Morgan fingerprint density at radius 2 is 2.11 bits per heavy atom. The van der Waals surface area contributed by atoms with Gasteiger partial charge in [0.05, 0.1) is 18.3 Å². The quantitative estimate of drug-likeness (QED) is 0.344. The first-order chi connectivity index (χ1) is 12.9. The smallest absolute Gasteiger partial charge is 0.330 e. The second kappa shape index (κ2) is 12.6. The van der Waals surface area contributed by atoms with E-state index in [-0.39, 0.29) is 25.2 Å². The second-order valence-electron chi connectivity index (χ2n) is 6.59. The van der Waals surface area contributed by atoms with E-state index >= 15 is 0 Å². The van der Waals surface area contributed by atoms with Gasteiger partial charge in [-0.05, 0) is 39.2 Å². The van der Waals surface area contributed by atoms with Crippen LogP contribution in [0.4, 0.5) is 0 Å². The molecule has 1 rings (SSSR count). The highest BCUT2D eigenvalue weighted by atomic mass is 16.7. The molecular formula is C21H32O6. The molecular weight excluding hydrogens is 348 g/mol. The van der Waals surface area contributed by atoms with Crippen molar-refractivity contribution in [2.24, 2.45) is 0 Å². The average Bonchev–Trinajstić information content (AvgIpc) is 2.63. The molecule has 1 aliphatic heterocycles. The Morgan fingerprint density at radius 3 is 2.78 bits per heavy atom. The Balaban J connectivity index is 2.29. The number of allylic oxidation sites excluding steroid dienone is 4. The number of hydrogen-bond acceptors (Lipinski definition) is 6. The van der Waals surface area contributed by atoms with Crippen molar-refractivity contribution in [2.75, 3.05) is 6.61 Å². The molecule has 0 spiro atoms. The van der Waals surface area contributed by atoms with Crippen LogP contribution in [0.5, 0.6) is 0 Å². The van der Waals surface area contributed by atoms with Gasteiger partial charge in [-0.1, -0.05) is 37.0 Å². The van der Waals surface area contributed by atoms with E-state index < -0.39 is 24.5 Å². The van der Waals surface area contributed by atoms with Gasteiger partial charge in [-0.25, -0.2) is 4.79 Å². The second-order valence-corrected chi connectivity index (χ2v) is 6.59. The number of carbonyl (C=O) groups is 1. The van der Waals surface area contributed by atoms with Crippen LogP contribution in [-0.4, -0.2) is 53.5 Å². The monoisotopic (exact) mass is 380 g/mol. The Kier molecular flexibility index (Phi) is 10.9. The molecule has 0 unspecified atom stereocenters. The molecule has 0 aromatic carbocycles. The lowest BCUT2D eigenvalue weighted by Gasteiger charge is -2.36. The molecule has 6 heteroatoms. The van der Waals surface area contributed by atoms with Crippen LogP contribution in [0.2, 0.25) is 0 Å². The van der Waals surface area contributed by atoms with Crippen molar-refractivity contribution in [3.8, 4) is 0 Å². The van der Waals surface area contributed by atoms with Crippen molar-refractivity contribution in [1.29, 1.82) is 0 Å². The van der Waals surface area contributed by atoms with Crippen LogP contribution in [0, 0.1) is 0 Å². The first-order valence-electron chi connectivity index (χ1n) is 9.32. The average molecular weight is 380 g/mol. The molecule has 0 radical (unpaired) electrons. The Labute approximate surface area is 161 Å². The summed E-state index contributed by atoms with van der Waals surface area (Å²) in [6.45, 7) is 9.39. The van der Waals surface area contributed by atoms with Crippen molar-refractivity contribution in [3.05, 3.63) is 48.6 Å². The van der Waals surface area contributed by atoms with E-state index in [0.29, 0.717) is 12.8 Å². The minimum Gasteiger partial charge on any atom is -0.458 e. The standard InChI is InChI=1S/C21H32O6/c1-5-7-11-17(6-2)14-25-20(24)12-9-8-10-15(3)26-21-19(23)13-18(22)16(4)27-21/h5-7,9,11-12,15-16,18-19,21-23H,2,8,10,13-14H2,1,3-4H3/b7-5-,12-9+,17-11+/t15-,16+,18-,19-,21-/m1/s1. The van der Waals surface area contributed by atoms with Gasteiger partial charge in [0.2, 0.25) is 0 Å². The number of carbonyl (C=O) groups excluding carboxylic acids is 1. The molecule has 0 aromatic heterocycles. The maximum Gasteiger partial charge on any atom is 0.330 e. The molecule has 0 aliphatic carbocycles. The van der Waals surface area contributed by atoms with E-state index in [2.05, 4.69) is 6.58 Å². The molecule has 2 N–H and O–H groups in total. The predicted molar refractivity (Wildman–Crippen MR) is 104 cm³/mol. The molecule has 5 atom stereocenters. The molecule has 6 nitrogen and oxygen atoms in total. The van der Waals surface area contributed by atoms with Crippen LogP contribution in [0.3, 0.4) is 0 Å². The minimum absolute atomic E-state index is 0.163. The van der Waals surface area contributed by atoms with E-state index in [1.807, 2.05) is 32.1 Å². The van der Waals surface area contributed by atoms with E-state index in [9.17, 15) is 15.0 Å². The zero-order chi connectivity index (χ0) is 20.2. The molecule has 1 heterocycles. The molecule has 152 valence electrons. The van der Waals surface area contributed by atoms with Crippen molar-refractivity contribution in [2.45, 2.75) is 70.7 Å². The highest BCUT2D eigenvalue weighted by Crippen LogP contribution is 2.22. The SMILES string of the molecule is C=C/C(=C\C=C/C)COC(=O)/C=C/CC[C@@H](C)O[C@@H]1O[C@@H](C)[C@H](O)C[C@H]1O. The largest absolute Gasteiger partial charge is 0.458 e. The highest BCUT2D eigenvalue weighted by molar-refractivity contribution is 5.82. The Morgan fingerprint density at radius 1 is 1.37 bits per heavy atom. The number of ether oxygens (including phenoxy) is 3. The first-order valence-corrected chi connectivity index (χ1v) is 9.32. The van der Waals surface area contributed by atoms with Crippen LogP contribution < -0.4 is 0 Å². The van der Waals surface area contributed by atoms with Gasteiger partial charge in [0.1, 0.15) is 12.7 Å². The van der Waals surface area contributed by atoms with Gasteiger partial charge in [-0.3, -0.25) is 0 Å². The molecule has 1 aliphatic rings. The van der Waals surface area contributed by atoms with E-state index in [1.54, 1.807) is 19.1 Å². The van der Waals surface area contributed by atoms with Gasteiger partial charge in [0.15, 0.2) is 6.29 Å². The molecule has 0 aromatic rings. The Bertz CT molecular complexity index is 551. The van der Waals surface area contributed by atoms with Crippen molar-refractivity contribution < 1.29 is 29.2 Å². The van der Waals surface area contributed by atoms with Crippen molar-refractivity contribution in [3.63, 3.8) is 0 Å². The molecule has 27 heavy (non-hydrogen) atoms. The van der Waals surface area contributed by atoms with Crippen LogP contribution in [0.15, 0.2) is 48.6 Å². The van der Waals surface area contributed by atoms with Gasteiger partial charge in [0.25, 0.3) is 0 Å². The van der Waals surface area contributed by atoms with Crippen molar-refractivity contribution >= 4 is 5.97 Å². The molecule has 0 bridgehead atoms. The minimum atomic E-state index is -0.848. The third kappa shape index (κ3) is 9.15. The summed E-state index contributed by atoms with van der Waals surface area (Å²) >= 11 is 0. The normalized spacial score (nSPS) is 27.8. The van der Waals surface area contributed by atoms with Gasteiger partial charge < -0.3 is 24.4 Å². The summed E-state index contributed by atoms with van der Waals surface area (Å²) in [5.74, 6) is -0.411.